The number of benzene rings is 1. The fourth-order valence-electron chi connectivity index (χ4n) is 4.65. The number of halogens is 4. The molecule has 1 aliphatic carbocycles. The molecule has 1 aliphatic rings. The monoisotopic (exact) mass is 517 g/mol. The van der Waals surface area contributed by atoms with Gasteiger partial charge in [0.2, 0.25) is 0 Å². The van der Waals surface area contributed by atoms with Gasteiger partial charge in [-0.2, -0.15) is 18.3 Å². The van der Waals surface area contributed by atoms with E-state index < -0.39 is 11.9 Å². The lowest BCUT2D eigenvalue weighted by molar-refractivity contribution is -0.140. The van der Waals surface area contributed by atoms with Gasteiger partial charge >= 0.3 is 6.18 Å². The zero-order valence-electron chi connectivity index (χ0n) is 19.3. The second kappa shape index (κ2) is 9.50. The van der Waals surface area contributed by atoms with Crippen LogP contribution in [0.1, 0.15) is 41.7 Å². The van der Waals surface area contributed by atoms with Crippen molar-refractivity contribution >= 4 is 34.1 Å². The Morgan fingerprint density at radius 2 is 2.00 bits per heavy atom. The van der Waals surface area contributed by atoms with Crippen LogP contribution in [0, 0.1) is 0 Å². The van der Waals surface area contributed by atoms with Crippen molar-refractivity contribution in [2.75, 3.05) is 5.32 Å². The maximum Gasteiger partial charge on any atom is 0.433 e. The van der Waals surface area contributed by atoms with Gasteiger partial charge in [0, 0.05) is 41.4 Å². The molecule has 36 heavy (non-hydrogen) atoms. The highest BCUT2D eigenvalue weighted by atomic mass is 35.5. The number of hydrogen-bond donors (Lipinski definition) is 2. The van der Waals surface area contributed by atoms with Crippen molar-refractivity contribution in [3.8, 4) is 11.5 Å². The van der Waals surface area contributed by atoms with Crippen LogP contribution < -0.4 is 10.6 Å². The van der Waals surface area contributed by atoms with Crippen LogP contribution in [0.5, 0.6) is 0 Å². The summed E-state index contributed by atoms with van der Waals surface area (Å²) in [5, 5.41) is 11.6. The molecular weight excluding hydrogens is 495 g/mol. The molecule has 1 amide bonds. The predicted molar refractivity (Wildman–Crippen MR) is 130 cm³/mol. The van der Waals surface area contributed by atoms with Crippen LogP contribution >= 0.6 is 11.6 Å². The summed E-state index contributed by atoms with van der Waals surface area (Å²) >= 11 is 6.11. The van der Waals surface area contributed by atoms with Crippen molar-refractivity contribution in [1.29, 1.82) is 0 Å². The Morgan fingerprint density at radius 3 is 2.75 bits per heavy atom. The summed E-state index contributed by atoms with van der Waals surface area (Å²) in [6, 6.07) is 8.78. The van der Waals surface area contributed by atoms with Crippen molar-refractivity contribution in [2.24, 2.45) is 7.05 Å². The topological polar surface area (TPSA) is 85.0 Å². The van der Waals surface area contributed by atoms with Gasteiger partial charge in [0.1, 0.15) is 11.4 Å². The number of carbonyl (C=O) groups excluding carboxylic acids is 1. The fourth-order valence-corrected chi connectivity index (χ4v) is 4.82. The molecule has 1 fully saturated rings. The van der Waals surface area contributed by atoms with Gasteiger partial charge in [-0.15, -0.1) is 0 Å². The smallest absolute Gasteiger partial charge is 0.433 e. The molecule has 1 aromatic carbocycles. The second-order valence-electron chi connectivity index (χ2n) is 8.93. The number of nitrogens with one attached hydrogen (secondary N) is 2. The van der Waals surface area contributed by atoms with Gasteiger partial charge in [-0.3, -0.25) is 9.48 Å². The van der Waals surface area contributed by atoms with Gasteiger partial charge in [-0.05, 0) is 62.1 Å². The molecule has 0 saturated heterocycles. The summed E-state index contributed by atoms with van der Waals surface area (Å²) in [5.41, 5.74) is 0.401. The molecule has 0 bridgehead atoms. The van der Waals surface area contributed by atoms with E-state index in [0.717, 1.165) is 25.3 Å². The van der Waals surface area contributed by atoms with E-state index in [4.69, 9.17) is 16.0 Å². The Labute approximate surface area is 209 Å². The molecule has 0 aliphatic heterocycles. The summed E-state index contributed by atoms with van der Waals surface area (Å²) in [6.07, 6.45) is 1.44. The van der Waals surface area contributed by atoms with Crippen LogP contribution in [0.25, 0.3) is 22.4 Å². The zero-order chi connectivity index (χ0) is 25.4. The number of rotatable bonds is 5. The van der Waals surface area contributed by atoms with Crippen molar-refractivity contribution in [1.82, 2.24) is 20.1 Å². The minimum absolute atomic E-state index is 0.145. The number of carbonyl (C=O) groups is 1. The molecule has 1 saturated carbocycles. The Bertz CT molecular complexity index is 1400. The Hall–Kier alpha value is -3.53. The van der Waals surface area contributed by atoms with Gasteiger partial charge < -0.3 is 15.1 Å². The lowest BCUT2D eigenvalue weighted by Gasteiger charge is -2.31. The third-order valence-corrected chi connectivity index (χ3v) is 6.49. The highest BCUT2D eigenvalue weighted by Crippen LogP contribution is 2.35. The molecule has 0 radical (unpaired) electrons. The molecule has 188 valence electrons. The van der Waals surface area contributed by atoms with E-state index in [1.165, 1.54) is 18.4 Å². The number of aromatic nitrogens is 3. The quantitative estimate of drug-likeness (QED) is 0.336. The number of alkyl halides is 3. The molecular formula is C25H23ClF3N5O2. The van der Waals surface area contributed by atoms with E-state index in [0.29, 0.717) is 39.5 Å². The minimum Gasteiger partial charge on any atom is -0.463 e. The second-order valence-corrected chi connectivity index (χ2v) is 9.37. The van der Waals surface area contributed by atoms with Gasteiger partial charge in [0.25, 0.3) is 5.91 Å². The van der Waals surface area contributed by atoms with E-state index >= 15 is 0 Å². The summed E-state index contributed by atoms with van der Waals surface area (Å²) in [5.74, 6) is 0.216. The largest absolute Gasteiger partial charge is 0.463 e. The molecule has 11 heteroatoms. The average Bonchev–Trinajstić information content (AvgIpc) is 3.48. The highest BCUT2D eigenvalue weighted by molar-refractivity contribution is 6.31. The summed E-state index contributed by atoms with van der Waals surface area (Å²) in [6.45, 7) is 0. The predicted octanol–water partition coefficient (Wildman–Crippen LogP) is 6.05. The summed E-state index contributed by atoms with van der Waals surface area (Å²) in [4.78, 5) is 16.9. The minimum atomic E-state index is -4.58. The van der Waals surface area contributed by atoms with Gasteiger partial charge in [0.15, 0.2) is 5.76 Å². The lowest BCUT2D eigenvalue weighted by atomic mass is 9.90. The molecule has 2 atom stereocenters. The van der Waals surface area contributed by atoms with Crippen molar-refractivity contribution < 1.29 is 22.4 Å². The number of furan rings is 1. The Balaban J connectivity index is 1.35. The molecule has 4 aromatic rings. The Morgan fingerprint density at radius 1 is 1.19 bits per heavy atom. The number of nitrogens with zero attached hydrogens (tertiary/aromatic N) is 3. The van der Waals surface area contributed by atoms with Crippen molar-refractivity contribution in [3.05, 3.63) is 65.1 Å². The molecule has 0 unspecified atom stereocenters. The third kappa shape index (κ3) is 5.04. The van der Waals surface area contributed by atoms with Crippen molar-refractivity contribution in [2.45, 2.75) is 43.9 Å². The molecule has 3 heterocycles. The van der Waals surface area contributed by atoms with Gasteiger partial charge in [0.05, 0.1) is 17.3 Å². The van der Waals surface area contributed by atoms with E-state index in [9.17, 15) is 18.0 Å². The number of amides is 1. The number of fused-ring (bicyclic) bond motifs is 1. The first-order chi connectivity index (χ1) is 17.2. The lowest BCUT2D eigenvalue weighted by Crippen LogP contribution is -2.41. The first kappa shape index (κ1) is 24.2. The van der Waals surface area contributed by atoms with Crippen molar-refractivity contribution in [3.63, 3.8) is 0 Å². The molecule has 3 aromatic heterocycles. The first-order valence-corrected chi connectivity index (χ1v) is 11.9. The van der Waals surface area contributed by atoms with E-state index in [2.05, 4.69) is 20.7 Å². The number of aryl methyl sites for hydroxylation is 1. The van der Waals surface area contributed by atoms with Crippen LogP contribution in [0.3, 0.4) is 0 Å². The first-order valence-electron chi connectivity index (χ1n) is 11.5. The van der Waals surface area contributed by atoms with E-state index in [1.54, 1.807) is 36.1 Å². The summed E-state index contributed by atoms with van der Waals surface area (Å²) < 4.78 is 47.4. The highest BCUT2D eigenvalue weighted by Gasteiger charge is 2.34. The number of pyridine rings is 1. The third-order valence-electron chi connectivity index (χ3n) is 6.26. The fraction of sp³-hybridized carbons (Fsp3) is 0.320. The zero-order valence-corrected chi connectivity index (χ0v) is 20.0. The average molecular weight is 518 g/mol. The van der Waals surface area contributed by atoms with Crippen LogP contribution in [-0.4, -0.2) is 32.8 Å². The molecule has 5 rings (SSSR count). The van der Waals surface area contributed by atoms with Crippen LogP contribution in [0.2, 0.25) is 5.02 Å². The number of hydrogen-bond acceptors (Lipinski definition) is 5. The Kier molecular flexibility index (Phi) is 6.38. The van der Waals surface area contributed by atoms with Gasteiger partial charge in [-0.25, -0.2) is 4.98 Å². The molecule has 2 N–H and O–H groups in total. The van der Waals surface area contributed by atoms with Crippen LogP contribution in [0.15, 0.2) is 53.3 Å². The molecule has 7 nitrogen and oxygen atoms in total. The SMILES string of the molecule is Cn1cc(C(=O)N[C@@H]2CCC[C@H](Nc3cc(C(F)(F)F)nc4ccc(Cl)cc34)C2)c(-c2ccco2)n1. The van der Waals surface area contributed by atoms with Crippen LogP contribution in [0.4, 0.5) is 18.9 Å². The maximum absolute atomic E-state index is 13.5. The van der Waals surface area contributed by atoms with E-state index in [-0.39, 0.29) is 23.5 Å². The number of anilines is 1. The summed E-state index contributed by atoms with van der Waals surface area (Å²) in [7, 11) is 1.73. The standard InChI is InChI=1S/C25H23ClF3N5O2/c1-34-13-18(23(33-34)21-6-3-9-36-21)24(35)31-16-5-2-4-15(11-16)30-20-12-22(25(27,28)29)32-19-8-7-14(26)10-17(19)20/h3,6-10,12-13,15-16H,2,4-5,11H2,1H3,(H,30,32)(H,31,35)/t15-,16+/m0/s1. The maximum atomic E-state index is 13.5. The van der Waals surface area contributed by atoms with E-state index in [1.807, 2.05) is 0 Å². The normalized spacial score (nSPS) is 18.4. The van der Waals surface area contributed by atoms with Crippen LogP contribution in [-0.2, 0) is 13.2 Å². The molecule has 0 spiro atoms. The van der Waals surface area contributed by atoms with Gasteiger partial charge in [-0.1, -0.05) is 11.6 Å².